The van der Waals surface area contributed by atoms with Crippen molar-refractivity contribution in [3.05, 3.63) is 54.5 Å². The van der Waals surface area contributed by atoms with E-state index < -0.39 is 6.10 Å². The number of rotatable bonds is 9. The molecule has 5 heteroatoms. The Balaban J connectivity index is 1.43. The molecular weight excluding hydrogens is 304 g/mol. The van der Waals surface area contributed by atoms with Gasteiger partial charge in [-0.2, -0.15) is 0 Å². The lowest BCUT2D eigenvalue weighted by atomic mass is 10.2. The van der Waals surface area contributed by atoms with Crippen LogP contribution in [0.5, 0.6) is 5.75 Å². The number of para-hydroxylation sites is 1. The average molecular weight is 332 g/mol. The van der Waals surface area contributed by atoms with E-state index in [4.69, 9.17) is 9.15 Å². The van der Waals surface area contributed by atoms with Crippen molar-refractivity contribution in [2.75, 3.05) is 32.8 Å². The lowest BCUT2D eigenvalue weighted by Gasteiger charge is -2.22. The van der Waals surface area contributed by atoms with E-state index in [9.17, 15) is 5.11 Å². The van der Waals surface area contributed by atoms with Gasteiger partial charge in [0.2, 0.25) is 0 Å². The molecule has 130 valence electrons. The van der Waals surface area contributed by atoms with Gasteiger partial charge in [-0.3, -0.25) is 0 Å². The number of nitrogens with one attached hydrogen (secondary N) is 1. The topological polar surface area (TPSA) is 63.7 Å². The zero-order valence-electron chi connectivity index (χ0n) is 14.1. The van der Waals surface area contributed by atoms with Crippen molar-refractivity contribution >= 4 is 0 Å². The predicted octanol–water partition coefficient (Wildman–Crippen LogP) is 0.00270. The molecule has 1 aliphatic rings. The first kappa shape index (κ1) is 17.0. The molecule has 0 aliphatic carbocycles. The highest BCUT2D eigenvalue weighted by molar-refractivity contribution is 5.20. The van der Waals surface area contributed by atoms with E-state index >= 15 is 0 Å². The fraction of sp³-hybridized carbons (Fsp3) is 0.474. The van der Waals surface area contributed by atoms with Gasteiger partial charge in [-0.15, -0.1) is 0 Å². The van der Waals surface area contributed by atoms with Crippen LogP contribution in [0.1, 0.15) is 24.6 Å². The van der Waals surface area contributed by atoms with E-state index in [2.05, 4.69) is 11.4 Å². The molecule has 2 heterocycles. The highest BCUT2D eigenvalue weighted by Gasteiger charge is 2.31. The summed E-state index contributed by atoms with van der Waals surface area (Å²) in [5, 5.41) is 12.3. The van der Waals surface area contributed by atoms with Crippen LogP contribution in [0.4, 0.5) is 0 Å². The third-order valence-electron chi connectivity index (χ3n) is 4.65. The first-order valence-electron chi connectivity index (χ1n) is 8.88. The summed E-state index contributed by atoms with van der Waals surface area (Å²) >= 11 is 0. The van der Waals surface area contributed by atoms with Crippen LogP contribution in [0.2, 0.25) is 0 Å². The lowest BCUT2D eigenvalue weighted by Crippen LogP contribution is -3.13. The summed E-state index contributed by atoms with van der Waals surface area (Å²) in [5.74, 6) is 1.85. The molecule has 1 aromatic heterocycles. The van der Waals surface area contributed by atoms with Crippen molar-refractivity contribution in [2.45, 2.75) is 25.0 Å². The Morgan fingerprint density at radius 3 is 2.58 bits per heavy atom. The number of nitrogens with two attached hydrogens (primary N) is 1. The minimum Gasteiger partial charge on any atom is -0.491 e. The molecule has 1 aliphatic heterocycles. The van der Waals surface area contributed by atoms with Gasteiger partial charge in [-0.1, -0.05) is 18.2 Å². The Hall–Kier alpha value is -1.82. The maximum absolute atomic E-state index is 10.1. The van der Waals surface area contributed by atoms with Crippen LogP contribution in [0.3, 0.4) is 0 Å². The minimum atomic E-state index is -0.476. The lowest BCUT2D eigenvalue weighted by molar-refractivity contribution is -0.935. The number of hydrogen-bond donors (Lipinski definition) is 3. The molecule has 0 amide bonds. The number of aliphatic hydroxyl groups is 1. The summed E-state index contributed by atoms with van der Waals surface area (Å²) in [5.41, 5.74) is 0. The fourth-order valence-corrected chi connectivity index (χ4v) is 3.38. The normalized spacial score (nSPS) is 17.7. The molecule has 0 saturated carbocycles. The van der Waals surface area contributed by atoms with Crippen molar-refractivity contribution in [3.8, 4) is 5.75 Å². The van der Waals surface area contributed by atoms with E-state index in [1.807, 2.05) is 36.4 Å². The highest BCUT2D eigenvalue weighted by Crippen LogP contribution is 2.10. The third kappa shape index (κ3) is 4.84. The molecular formula is C19H28N2O3+2. The standard InChI is InChI=1S/C19H26N2O3/c22-16(15-24-17-7-2-1-3-8-17)13-20-14-18(19-9-6-12-23-19)21-10-4-5-11-21/h1-3,6-9,12,16,18,20,22H,4-5,10-11,13-15H2/p+2/t16-,18+/m1/s1. The van der Waals surface area contributed by atoms with Crippen LogP contribution in [-0.4, -0.2) is 44.0 Å². The van der Waals surface area contributed by atoms with Crippen LogP contribution in [0.15, 0.2) is 53.1 Å². The number of likely N-dealkylation sites (tertiary alicyclic amines) is 1. The van der Waals surface area contributed by atoms with Crippen molar-refractivity contribution in [3.63, 3.8) is 0 Å². The Morgan fingerprint density at radius 1 is 1.08 bits per heavy atom. The van der Waals surface area contributed by atoms with Crippen molar-refractivity contribution < 1.29 is 24.5 Å². The molecule has 0 unspecified atom stereocenters. The average Bonchev–Trinajstić information content (AvgIpc) is 3.31. The SMILES string of the molecule is O[C@H](C[NH2+]C[C@@H](c1ccco1)[NH+]1CCCC1)COc1ccccc1. The van der Waals surface area contributed by atoms with E-state index in [-0.39, 0.29) is 0 Å². The first-order chi connectivity index (χ1) is 11.8. The number of hydrogen-bond acceptors (Lipinski definition) is 3. The second kappa shape index (κ2) is 8.87. The van der Waals surface area contributed by atoms with Gasteiger partial charge < -0.3 is 24.5 Å². The third-order valence-corrected chi connectivity index (χ3v) is 4.65. The zero-order valence-corrected chi connectivity index (χ0v) is 14.1. The van der Waals surface area contributed by atoms with Crippen LogP contribution < -0.4 is 15.0 Å². The van der Waals surface area contributed by atoms with E-state index in [0.717, 1.165) is 18.1 Å². The monoisotopic (exact) mass is 332 g/mol. The van der Waals surface area contributed by atoms with Gasteiger partial charge in [0.15, 0.2) is 11.8 Å². The summed E-state index contributed by atoms with van der Waals surface area (Å²) in [6.45, 7) is 4.29. The maximum Gasteiger partial charge on any atom is 0.195 e. The molecule has 1 fully saturated rings. The van der Waals surface area contributed by atoms with Crippen molar-refractivity contribution in [2.24, 2.45) is 0 Å². The van der Waals surface area contributed by atoms with Crippen LogP contribution >= 0.6 is 0 Å². The molecule has 5 nitrogen and oxygen atoms in total. The Morgan fingerprint density at radius 2 is 1.88 bits per heavy atom. The Bertz CT molecular complexity index is 568. The molecule has 1 saturated heterocycles. The van der Waals surface area contributed by atoms with E-state index in [1.54, 1.807) is 11.2 Å². The van der Waals surface area contributed by atoms with Crippen LogP contribution in [-0.2, 0) is 0 Å². The van der Waals surface area contributed by atoms with Crippen molar-refractivity contribution in [1.29, 1.82) is 0 Å². The number of furan rings is 1. The first-order valence-corrected chi connectivity index (χ1v) is 8.88. The highest BCUT2D eigenvalue weighted by atomic mass is 16.5. The second-order valence-electron chi connectivity index (χ2n) is 6.47. The van der Waals surface area contributed by atoms with Crippen LogP contribution in [0.25, 0.3) is 0 Å². The Kier molecular flexibility index (Phi) is 6.29. The molecule has 1 aromatic carbocycles. The predicted molar refractivity (Wildman–Crippen MR) is 91.0 cm³/mol. The number of quaternary nitrogens is 2. The summed E-state index contributed by atoms with van der Waals surface area (Å²) in [6, 6.07) is 14.0. The van der Waals surface area contributed by atoms with Gasteiger partial charge in [0, 0.05) is 12.8 Å². The second-order valence-corrected chi connectivity index (χ2v) is 6.47. The molecule has 24 heavy (non-hydrogen) atoms. The van der Waals surface area contributed by atoms with Gasteiger partial charge in [0.1, 0.15) is 31.5 Å². The smallest absolute Gasteiger partial charge is 0.195 e. The van der Waals surface area contributed by atoms with E-state index in [1.165, 1.54) is 25.9 Å². The van der Waals surface area contributed by atoms with Gasteiger partial charge in [0.25, 0.3) is 0 Å². The van der Waals surface area contributed by atoms with E-state index in [0.29, 0.717) is 19.2 Å². The van der Waals surface area contributed by atoms with Gasteiger partial charge >= 0.3 is 0 Å². The quantitative estimate of drug-likeness (QED) is 0.606. The summed E-state index contributed by atoms with van der Waals surface area (Å²) < 4.78 is 11.2. The zero-order chi connectivity index (χ0) is 16.6. The molecule has 4 N–H and O–H groups in total. The molecule has 0 spiro atoms. The molecule has 2 aromatic rings. The molecule has 0 radical (unpaired) electrons. The molecule has 3 rings (SSSR count). The number of ether oxygens (including phenoxy) is 1. The molecule has 0 bridgehead atoms. The Labute approximate surface area is 143 Å². The number of benzene rings is 1. The molecule has 2 atom stereocenters. The number of aliphatic hydroxyl groups excluding tert-OH is 1. The van der Waals surface area contributed by atoms with Gasteiger partial charge in [0.05, 0.1) is 19.4 Å². The fourth-order valence-electron chi connectivity index (χ4n) is 3.38. The van der Waals surface area contributed by atoms with Crippen molar-refractivity contribution in [1.82, 2.24) is 0 Å². The largest absolute Gasteiger partial charge is 0.491 e. The minimum absolute atomic E-state index is 0.322. The van der Waals surface area contributed by atoms with Crippen LogP contribution in [0, 0.1) is 0 Å². The summed E-state index contributed by atoms with van der Waals surface area (Å²) in [6.07, 6.45) is 3.86. The van der Waals surface area contributed by atoms with Gasteiger partial charge in [-0.25, -0.2) is 0 Å². The summed E-state index contributed by atoms with van der Waals surface area (Å²) in [7, 11) is 0. The van der Waals surface area contributed by atoms with Gasteiger partial charge in [-0.05, 0) is 24.3 Å². The summed E-state index contributed by atoms with van der Waals surface area (Å²) in [4.78, 5) is 1.59. The maximum atomic E-state index is 10.1.